The molecule has 0 bridgehead atoms. The van der Waals surface area contributed by atoms with E-state index in [1.54, 1.807) is 17.3 Å². The van der Waals surface area contributed by atoms with Gasteiger partial charge >= 0.3 is 0 Å². The highest BCUT2D eigenvalue weighted by Gasteiger charge is 2.21. The number of aromatic nitrogens is 4. The molecule has 8 heteroatoms. The molecule has 3 aromatic rings. The zero-order valence-electron chi connectivity index (χ0n) is 14.8. The number of carbonyl (C=O) groups is 2. The fourth-order valence-electron chi connectivity index (χ4n) is 2.84. The van der Waals surface area contributed by atoms with Gasteiger partial charge < -0.3 is 15.2 Å². The van der Waals surface area contributed by atoms with E-state index in [4.69, 9.17) is 5.73 Å². The Labute approximate surface area is 151 Å². The molecule has 2 amide bonds. The summed E-state index contributed by atoms with van der Waals surface area (Å²) in [4.78, 5) is 29.7. The summed E-state index contributed by atoms with van der Waals surface area (Å²) in [5.41, 5.74) is 8.25. The fourth-order valence-corrected chi connectivity index (χ4v) is 2.84. The van der Waals surface area contributed by atoms with Gasteiger partial charge in [0.15, 0.2) is 0 Å². The number of nitrogens with two attached hydrogens (primary N) is 1. The Morgan fingerprint density at radius 2 is 2.08 bits per heavy atom. The van der Waals surface area contributed by atoms with Gasteiger partial charge in [0.25, 0.3) is 5.91 Å². The van der Waals surface area contributed by atoms with Gasteiger partial charge in [0.05, 0.1) is 29.6 Å². The molecule has 0 radical (unpaired) electrons. The van der Waals surface area contributed by atoms with Gasteiger partial charge in [0, 0.05) is 19.0 Å². The third kappa shape index (κ3) is 3.74. The van der Waals surface area contributed by atoms with Crippen molar-refractivity contribution in [2.24, 2.45) is 5.73 Å². The van der Waals surface area contributed by atoms with Gasteiger partial charge in [-0.25, -0.2) is 4.98 Å². The van der Waals surface area contributed by atoms with Crippen LogP contribution in [-0.2, 0) is 11.3 Å². The van der Waals surface area contributed by atoms with Crippen LogP contribution in [0, 0.1) is 0 Å². The Kier molecular flexibility index (Phi) is 5.01. The molecule has 0 unspecified atom stereocenters. The van der Waals surface area contributed by atoms with E-state index in [-0.39, 0.29) is 24.9 Å². The van der Waals surface area contributed by atoms with E-state index in [2.05, 4.69) is 15.2 Å². The fraction of sp³-hybridized carbons (Fsp3) is 0.333. The number of imidazole rings is 1. The summed E-state index contributed by atoms with van der Waals surface area (Å²) < 4.78 is 1.99. The molecule has 0 aliphatic carbocycles. The lowest BCUT2D eigenvalue weighted by Crippen LogP contribution is -2.39. The molecule has 3 rings (SSSR count). The quantitative estimate of drug-likeness (QED) is 0.670. The first-order chi connectivity index (χ1) is 12.5. The van der Waals surface area contributed by atoms with Crippen LogP contribution in [0.5, 0.6) is 0 Å². The molecule has 0 saturated heterocycles. The standard InChI is InChI=1S/C18H22N6O2/c1-12(2)24(8-7-17(19)25)18(26)15-9-13(21-22-15)10-23-11-20-14-5-3-4-6-16(14)23/h3-6,9,11-12H,7-8,10H2,1-2H3,(H2,19,25)(H,21,22). The van der Waals surface area contributed by atoms with Crippen molar-refractivity contribution < 1.29 is 9.59 Å². The minimum atomic E-state index is -0.432. The molecule has 3 N–H and O–H groups in total. The monoisotopic (exact) mass is 354 g/mol. The van der Waals surface area contributed by atoms with E-state index < -0.39 is 5.91 Å². The number of aromatic amines is 1. The van der Waals surface area contributed by atoms with Gasteiger partial charge in [-0.2, -0.15) is 5.10 Å². The maximum absolute atomic E-state index is 12.7. The van der Waals surface area contributed by atoms with Crippen LogP contribution in [0.25, 0.3) is 11.0 Å². The number of H-pyrrole nitrogens is 1. The summed E-state index contributed by atoms with van der Waals surface area (Å²) >= 11 is 0. The number of nitrogens with zero attached hydrogens (tertiary/aromatic N) is 4. The Balaban J connectivity index is 1.76. The molecule has 0 fully saturated rings. The zero-order valence-corrected chi connectivity index (χ0v) is 14.8. The third-order valence-electron chi connectivity index (χ3n) is 4.20. The van der Waals surface area contributed by atoms with Crippen LogP contribution in [0.3, 0.4) is 0 Å². The minimum absolute atomic E-state index is 0.0559. The number of hydrogen-bond acceptors (Lipinski definition) is 4. The number of para-hydroxylation sites is 2. The van der Waals surface area contributed by atoms with Crippen molar-refractivity contribution >= 4 is 22.8 Å². The molecule has 8 nitrogen and oxygen atoms in total. The molecule has 2 heterocycles. The Bertz CT molecular complexity index is 927. The maximum Gasteiger partial charge on any atom is 0.274 e. The topological polar surface area (TPSA) is 110 Å². The van der Waals surface area contributed by atoms with Crippen LogP contribution in [-0.4, -0.2) is 49.0 Å². The first-order valence-electron chi connectivity index (χ1n) is 8.49. The van der Waals surface area contributed by atoms with Crippen molar-refractivity contribution in [2.45, 2.75) is 32.9 Å². The second-order valence-electron chi connectivity index (χ2n) is 6.45. The predicted molar refractivity (Wildman–Crippen MR) is 97.4 cm³/mol. The van der Waals surface area contributed by atoms with Crippen LogP contribution in [0.4, 0.5) is 0 Å². The van der Waals surface area contributed by atoms with E-state index in [0.717, 1.165) is 16.7 Å². The average molecular weight is 354 g/mol. The van der Waals surface area contributed by atoms with Crippen LogP contribution in [0.1, 0.15) is 36.5 Å². The Hall–Kier alpha value is -3.16. The summed E-state index contributed by atoms with van der Waals surface area (Å²) in [7, 11) is 0. The lowest BCUT2D eigenvalue weighted by atomic mass is 10.2. The van der Waals surface area contributed by atoms with Gasteiger partial charge in [-0.3, -0.25) is 14.7 Å². The van der Waals surface area contributed by atoms with Crippen LogP contribution in [0.15, 0.2) is 36.7 Å². The van der Waals surface area contributed by atoms with E-state index in [9.17, 15) is 9.59 Å². The number of nitrogens with one attached hydrogen (secondary N) is 1. The van der Waals surface area contributed by atoms with Gasteiger partial charge in [-0.05, 0) is 32.0 Å². The van der Waals surface area contributed by atoms with Crippen molar-refractivity contribution in [3.05, 3.63) is 48.0 Å². The van der Waals surface area contributed by atoms with Crippen LogP contribution in [0.2, 0.25) is 0 Å². The summed E-state index contributed by atoms with van der Waals surface area (Å²) in [5, 5.41) is 7.05. The van der Waals surface area contributed by atoms with Crippen molar-refractivity contribution in [3.63, 3.8) is 0 Å². The van der Waals surface area contributed by atoms with Crippen molar-refractivity contribution in [1.82, 2.24) is 24.6 Å². The van der Waals surface area contributed by atoms with Gasteiger partial charge in [0.1, 0.15) is 5.69 Å². The number of hydrogen-bond donors (Lipinski definition) is 2. The minimum Gasteiger partial charge on any atom is -0.370 e. The largest absolute Gasteiger partial charge is 0.370 e. The number of carbonyl (C=O) groups excluding carboxylic acids is 2. The summed E-state index contributed by atoms with van der Waals surface area (Å²) in [6.07, 6.45) is 1.89. The maximum atomic E-state index is 12.7. The molecule has 0 aliphatic heterocycles. The van der Waals surface area contributed by atoms with E-state index >= 15 is 0 Å². The molecular formula is C18H22N6O2. The number of primary amides is 1. The molecule has 0 atom stereocenters. The number of fused-ring (bicyclic) bond motifs is 1. The normalized spacial score (nSPS) is 11.2. The number of benzene rings is 1. The van der Waals surface area contributed by atoms with E-state index in [0.29, 0.717) is 12.2 Å². The van der Waals surface area contributed by atoms with Crippen molar-refractivity contribution in [3.8, 4) is 0 Å². The molecule has 0 aliphatic rings. The second kappa shape index (κ2) is 7.38. The van der Waals surface area contributed by atoms with Gasteiger partial charge in [-0.15, -0.1) is 0 Å². The highest BCUT2D eigenvalue weighted by molar-refractivity contribution is 5.93. The molecule has 136 valence electrons. The lowest BCUT2D eigenvalue weighted by molar-refractivity contribution is -0.118. The first kappa shape index (κ1) is 17.7. The molecular weight excluding hydrogens is 332 g/mol. The van der Waals surface area contributed by atoms with E-state index in [1.807, 2.05) is 42.7 Å². The Morgan fingerprint density at radius 1 is 1.31 bits per heavy atom. The smallest absolute Gasteiger partial charge is 0.274 e. The first-order valence-corrected chi connectivity index (χ1v) is 8.49. The third-order valence-corrected chi connectivity index (χ3v) is 4.20. The van der Waals surface area contributed by atoms with Crippen LogP contribution < -0.4 is 5.73 Å². The van der Waals surface area contributed by atoms with Crippen molar-refractivity contribution in [2.75, 3.05) is 6.54 Å². The van der Waals surface area contributed by atoms with E-state index in [1.165, 1.54) is 0 Å². The molecule has 2 aromatic heterocycles. The zero-order chi connectivity index (χ0) is 18.7. The summed E-state index contributed by atoms with van der Waals surface area (Å²) in [6.45, 7) is 4.60. The summed E-state index contributed by atoms with van der Waals surface area (Å²) in [5.74, 6) is -0.655. The van der Waals surface area contributed by atoms with Gasteiger partial charge in [-0.1, -0.05) is 12.1 Å². The van der Waals surface area contributed by atoms with Crippen LogP contribution >= 0.6 is 0 Å². The number of amides is 2. The highest BCUT2D eigenvalue weighted by Crippen LogP contribution is 2.14. The predicted octanol–water partition coefficient (Wildman–Crippen LogP) is 1.53. The average Bonchev–Trinajstić information content (AvgIpc) is 3.22. The second-order valence-corrected chi connectivity index (χ2v) is 6.45. The molecule has 26 heavy (non-hydrogen) atoms. The van der Waals surface area contributed by atoms with Gasteiger partial charge in [0.2, 0.25) is 5.91 Å². The molecule has 0 spiro atoms. The summed E-state index contributed by atoms with van der Waals surface area (Å²) in [6, 6.07) is 9.53. The van der Waals surface area contributed by atoms with Crippen molar-refractivity contribution in [1.29, 1.82) is 0 Å². The SMILES string of the molecule is CC(C)N(CCC(N)=O)C(=O)c1cc(Cn2cnc3ccccc32)[nH]n1. The highest BCUT2D eigenvalue weighted by atomic mass is 16.2. The molecule has 1 aromatic carbocycles. The lowest BCUT2D eigenvalue weighted by Gasteiger charge is -2.25. The number of rotatable bonds is 7. The molecule has 0 saturated carbocycles. The Morgan fingerprint density at radius 3 is 2.81 bits per heavy atom.